The van der Waals surface area contributed by atoms with Crippen LogP contribution in [0.15, 0.2) is 27.6 Å². The summed E-state index contributed by atoms with van der Waals surface area (Å²) in [5.74, 6) is 0. The number of nitro benzene ring substituents is 1. The van der Waals surface area contributed by atoms with Crippen molar-refractivity contribution in [1.82, 2.24) is 4.72 Å². The standard InChI is InChI=1S/C12H18BrN3O4S.ClH/c1-2-3-4-10(8-14)15-21(19,20)12-7-9(13)5-6-11(12)16(17)18;/h5-7,10,15H,2-4,8,14H2,1H3;1H. The topological polar surface area (TPSA) is 115 Å². The Labute approximate surface area is 144 Å². The van der Waals surface area contributed by atoms with E-state index in [2.05, 4.69) is 20.7 Å². The van der Waals surface area contributed by atoms with Crippen LogP contribution in [0.25, 0.3) is 0 Å². The van der Waals surface area contributed by atoms with Crippen molar-refractivity contribution in [2.45, 2.75) is 37.1 Å². The molecule has 0 bridgehead atoms. The van der Waals surface area contributed by atoms with Crippen LogP contribution in [0.4, 0.5) is 5.69 Å². The highest BCUT2D eigenvalue weighted by molar-refractivity contribution is 9.10. The molecule has 7 nitrogen and oxygen atoms in total. The number of nitrogens with one attached hydrogen (secondary N) is 1. The van der Waals surface area contributed by atoms with Gasteiger partial charge in [-0.2, -0.15) is 0 Å². The number of nitrogens with two attached hydrogens (primary N) is 1. The molecule has 0 aromatic heterocycles. The van der Waals surface area contributed by atoms with Gasteiger partial charge >= 0.3 is 0 Å². The molecule has 1 rings (SSSR count). The lowest BCUT2D eigenvalue weighted by Crippen LogP contribution is -2.40. The number of sulfonamides is 1. The molecule has 1 unspecified atom stereocenters. The van der Waals surface area contributed by atoms with E-state index in [4.69, 9.17) is 5.73 Å². The Bertz CT molecular complexity index is 612. The van der Waals surface area contributed by atoms with Crippen LogP contribution >= 0.6 is 28.3 Å². The van der Waals surface area contributed by atoms with Gasteiger partial charge in [-0.25, -0.2) is 13.1 Å². The molecule has 1 aromatic carbocycles. The molecule has 0 saturated carbocycles. The first-order valence-corrected chi connectivity index (χ1v) is 8.75. The van der Waals surface area contributed by atoms with E-state index in [1.54, 1.807) is 0 Å². The second kappa shape index (κ2) is 9.41. The normalized spacial score (nSPS) is 12.5. The van der Waals surface area contributed by atoms with Crippen molar-refractivity contribution in [3.05, 3.63) is 32.8 Å². The molecule has 0 heterocycles. The minimum atomic E-state index is -4.00. The Kier molecular flexibility index (Phi) is 9.09. The van der Waals surface area contributed by atoms with Gasteiger partial charge in [0.1, 0.15) is 0 Å². The van der Waals surface area contributed by atoms with Gasteiger partial charge in [0.15, 0.2) is 4.90 Å². The molecular formula is C12H19BrClN3O4S. The van der Waals surface area contributed by atoms with Gasteiger partial charge in [0.05, 0.1) is 4.92 Å². The van der Waals surface area contributed by atoms with Gasteiger partial charge in [0, 0.05) is 23.1 Å². The minimum absolute atomic E-state index is 0. The van der Waals surface area contributed by atoms with E-state index >= 15 is 0 Å². The summed E-state index contributed by atoms with van der Waals surface area (Å²) < 4.78 is 27.6. The van der Waals surface area contributed by atoms with E-state index in [9.17, 15) is 18.5 Å². The third-order valence-electron chi connectivity index (χ3n) is 2.92. The maximum absolute atomic E-state index is 12.4. The number of benzene rings is 1. The van der Waals surface area contributed by atoms with E-state index in [0.29, 0.717) is 10.9 Å². The van der Waals surface area contributed by atoms with E-state index < -0.39 is 26.7 Å². The molecule has 0 aliphatic rings. The van der Waals surface area contributed by atoms with Crippen molar-refractivity contribution in [3.8, 4) is 0 Å². The van der Waals surface area contributed by atoms with Crippen LogP contribution in [0, 0.1) is 10.1 Å². The van der Waals surface area contributed by atoms with Crippen molar-refractivity contribution < 1.29 is 13.3 Å². The van der Waals surface area contributed by atoms with Gasteiger partial charge < -0.3 is 5.73 Å². The summed E-state index contributed by atoms with van der Waals surface area (Å²) in [4.78, 5) is 9.90. The number of unbranched alkanes of at least 4 members (excludes halogenated alkanes) is 1. The molecule has 0 spiro atoms. The number of nitrogens with zero attached hydrogens (tertiary/aromatic N) is 1. The largest absolute Gasteiger partial charge is 0.329 e. The number of halogens is 2. The molecule has 0 radical (unpaired) electrons. The van der Waals surface area contributed by atoms with Crippen LogP contribution < -0.4 is 10.5 Å². The zero-order valence-corrected chi connectivity index (χ0v) is 15.2. The highest BCUT2D eigenvalue weighted by Crippen LogP contribution is 2.27. The fourth-order valence-corrected chi connectivity index (χ4v) is 3.80. The first-order chi connectivity index (χ1) is 9.81. The average molecular weight is 417 g/mol. The molecule has 0 aliphatic heterocycles. The summed E-state index contributed by atoms with van der Waals surface area (Å²) in [6.07, 6.45) is 2.33. The Morgan fingerprint density at radius 2 is 2.09 bits per heavy atom. The summed E-state index contributed by atoms with van der Waals surface area (Å²) in [6, 6.07) is 3.36. The summed E-state index contributed by atoms with van der Waals surface area (Å²) >= 11 is 3.12. The highest BCUT2D eigenvalue weighted by atomic mass is 79.9. The number of hydrogen-bond acceptors (Lipinski definition) is 5. The van der Waals surface area contributed by atoms with Gasteiger partial charge in [-0.05, 0) is 18.6 Å². The molecule has 126 valence electrons. The maximum Gasteiger partial charge on any atom is 0.289 e. The second-order valence-corrected chi connectivity index (χ2v) is 7.16. The predicted octanol–water partition coefficient (Wildman–Crippen LogP) is 2.57. The molecule has 1 aromatic rings. The molecule has 0 amide bonds. The summed E-state index contributed by atoms with van der Waals surface area (Å²) in [6.45, 7) is 2.13. The molecule has 22 heavy (non-hydrogen) atoms. The van der Waals surface area contributed by atoms with Gasteiger partial charge in [0.25, 0.3) is 5.69 Å². The zero-order chi connectivity index (χ0) is 16.0. The van der Waals surface area contributed by atoms with Gasteiger partial charge in [-0.3, -0.25) is 10.1 Å². The van der Waals surface area contributed by atoms with Crippen LogP contribution in [0.2, 0.25) is 0 Å². The number of nitro groups is 1. The zero-order valence-electron chi connectivity index (χ0n) is 12.0. The van der Waals surface area contributed by atoms with Crippen LogP contribution in [-0.4, -0.2) is 25.9 Å². The van der Waals surface area contributed by atoms with Gasteiger partial charge in [0.2, 0.25) is 10.0 Å². The Morgan fingerprint density at radius 1 is 1.45 bits per heavy atom. The molecule has 10 heteroatoms. The second-order valence-electron chi connectivity index (χ2n) is 4.57. The van der Waals surface area contributed by atoms with E-state index in [1.807, 2.05) is 6.92 Å². The van der Waals surface area contributed by atoms with Crippen LogP contribution in [0.3, 0.4) is 0 Å². The highest BCUT2D eigenvalue weighted by Gasteiger charge is 2.27. The van der Waals surface area contributed by atoms with Crippen LogP contribution in [-0.2, 0) is 10.0 Å². The molecular weight excluding hydrogens is 398 g/mol. The Balaban J connectivity index is 0.00000441. The van der Waals surface area contributed by atoms with Crippen molar-refractivity contribution in [2.24, 2.45) is 5.73 Å². The molecule has 0 fully saturated rings. The molecule has 0 saturated heterocycles. The molecule has 0 aliphatic carbocycles. The molecule has 1 atom stereocenters. The Hall–Kier alpha value is -0.740. The maximum atomic E-state index is 12.4. The quantitative estimate of drug-likeness (QED) is 0.499. The van der Waals surface area contributed by atoms with Crippen LogP contribution in [0.1, 0.15) is 26.2 Å². The van der Waals surface area contributed by atoms with Gasteiger partial charge in [-0.15, -0.1) is 12.4 Å². The lowest BCUT2D eigenvalue weighted by atomic mass is 10.1. The third kappa shape index (κ3) is 5.81. The van der Waals surface area contributed by atoms with Crippen LogP contribution in [0.5, 0.6) is 0 Å². The number of rotatable bonds is 8. The van der Waals surface area contributed by atoms with Crippen molar-refractivity contribution in [2.75, 3.05) is 6.54 Å². The van der Waals surface area contributed by atoms with E-state index in [1.165, 1.54) is 12.1 Å². The average Bonchev–Trinajstić information content (AvgIpc) is 2.42. The summed E-state index contributed by atoms with van der Waals surface area (Å²) in [7, 11) is -4.00. The smallest absolute Gasteiger partial charge is 0.289 e. The summed E-state index contributed by atoms with van der Waals surface area (Å²) in [5.41, 5.74) is 5.10. The monoisotopic (exact) mass is 415 g/mol. The molecule has 3 N–H and O–H groups in total. The summed E-state index contributed by atoms with van der Waals surface area (Å²) in [5, 5.41) is 11.0. The van der Waals surface area contributed by atoms with E-state index in [-0.39, 0.29) is 23.8 Å². The fraction of sp³-hybridized carbons (Fsp3) is 0.500. The van der Waals surface area contributed by atoms with Crippen molar-refractivity contribution >= 4 is 44.0 Å². The first-order valence-electron chi connectivity index (χ1n) is 6.48. The number of hydrogen-bond donors (Lipinski definition) is 2. The fourth-order valence-electron chi connectivity index (χ4n) is 1.81. The third-order valence-corrected chi connectivity index (χ3v) is 4.96. The lowest BCUT2D eigenvalue weighted by Gasteiger charge is -2.16. The van der Waals surface area contributed by atoms with E-state index in [0.717, 1.165) is 18.9 Å². The SMILES string of the molecule is CCCCC(CN)NS(=O)(=O)c1cc(Br)ccc1[N+](=O)[O-].Cl. The minimum Gasteiger partial charge on any atom is -0.329 e. The van der Waals surface area contributed by atoms with Crippen molar-refractivity contribution in [3.63, 3.8) is 0 Å². The predicted molar refractivity (Wildman–Crippen MR) is 90.7 cm³/mol. The lowest BCUT2D eigenvalue weighted by molar-refractivity contribution is -0.387. The Morgan fingerprint density at radius 3 is 2.59 bits per heavy atom. The van der Waals surface area contributed by atoms with Gasteiger partial charge in [-0.1, -0.05) is 35.7 Å². The van der Waals surface area contributed by atoms with Crippen molar-refractivity contribution in [1.29, 1.82) is 0 Å². The first kappa shape index (κ1) is 21.3.